The monoisotopic (exact) mass is 530 g/mol. The van der Waals surface area contributed by atoms with Crippen molar-refractivity contribution in [1.82, 2.24) is 9.55 Å². The summed E-state index contributed by atoms with van der Waals surface area (Å²) in [6.07, 6.45) is -3.09. The fraction of sp³-hybridized carbons (Fsp3) is 0.429. The topological polar surface area (TPSA) is 93.6 Å². The molecule has 0 saturated carbocycles. The van der Waals surface area contributed by atoms with Gasteiger partial charge in [-0.3, -0.25) is 14.3 Å². The van der Waals surface area contributed by atoms with Crippen LogP contribution in [0.2, 0.25) is 0 Å². The summed E-state index contributed by atoms with van der Waals surface area (Å²) in [6.45, 7) is 7.41. The number of halogens is 1. The maximum Gasteiger partial charge on any atom is 0.329 e. The van der Waals surface area contributed by atoms with Crippen LogP contribution in [0.3, 0.4) is 0 Å². The summed E-state index contributed by atoms with van der Waals surface area (Å²) in [5, 5.41) is 9.98. The number of aryl methyl sites for hydroxylation is 1. The first-order chi connectivity index (χ1) is 17.5. The number of rotatable bonds is 12. The van der Waals surface area contributed by atoms with Gasteiger partial charge in [0.1, 0.15) is 17.6 Å². The number of nitrogens with one attached hydrogen (secondary N) is 1. The van der Waals surface area contributed by atoms with Gasteiger partial charge in [-0.1, -0.05) is 81.4 Å². The molecule has 1 aromatic heterocycles. The van der Waals surface area contributed by atoms with Crippen LogP contribution in [-0.4, -0.2) is 44.4 Å². The molecule has 0 amide bonds. The first kappa shape index (κ1) is 28.8. The van der Waals surface area contributed by atoms with Gasteiger partial charge >= 0.3 is 5.69 Å². The van der Waals surface area contributed by atoms with E-state index < -0.39 is 39.7 Å². The third kappa shape index (κ3) is 8.67. The fourth-order valence-electron chi connectivity index (χ4n) is 3.72. The highest BCUT2D eigenvalue weighted by atomic mass is 32.2. The van der Waals surface area contributed by atoms with E-state index >= 15 is 4.39 Å². The van der Waals surface area contributed by atoms with Crippen molar-refractivity contribution in [2.75, 3.05) is 6.61 Å². The van der Waals surface area contributed by atoms with Crippen molar-refractivity contribution in [2.45, 2.75) is 69.4 Å². The molecule has 0 aliphatic rings. The van der Waals surface area contributed by atoms with Gasteiger partial charge in [-0.2, -0.15) is 0 Å². The van der Waals surface area contributed by atoms with Crippen LogP contribution in [0.25, 0.3) is 0 Å². The third-order valence-electron chi connectivity index (χ3n) is 5.55. The number of benzene rings is 2. The molecule has 0 unspecified atom stereocenters. The number of thioether (sulfide) groups is 1. The number of nitrogens with zero attached hydrogens (tertiary/aromatic N) is 1. The number of ether oxygens (including phenoxy) is 2. The Morgan fingerprint density at radius 2 is 1.57 bits per heavy atom. The lowest BCUT2D eigenvalue weighted by atomic mass is 10.1. The third-order valence-corrected chi connectivity index (χ3v) is 6.98. The Balaban J connectivity index is 1.88. The van der Waals surface area contributed by atoms with Crippen LogP contribution in [0.15, 0.2) is 76.4 Å². The molecular formula is C28H35FN2O5S. The van der Waals surface area contributed by atoms with Gasteiger partial charge in [0, 0.05) is 16.5 Å². The average Bonchev–Trinajstić information content (AvgIpc) is 2.85. The standard InChI is InChI=1S/C28H35FN2O5S/c1-19-15-31(27(34)30-25(19)33)26(37-28(2,3)4)23(29)24(36-17-21-13-9-6-10-14-21)22(32)18-35-16-20-11-7-5-8-12-20/h5-15,22-24,26,32H,16-18H2,1-4H3,(H,30,33,34)/t22-,23-,24-,26-/m1/s1. The molecule has 2 aromatic carbocycles. The lowest BCUT2D eigenvalue weighted by molar-refractivity contribution is -0.113. The van der Waals surface area contributed by atoms with Crippen molar-refractivity contribution in [2.24, 2.45) is 0 Å². The van der Waals surface area contributed by atoms with Gasteiger partial charge in [-0.05, 0) is 18.1 Å². The van der Waals surface area contributed by atoms with Gasteiger partial charge in [0.2, 0.25) is 0 Å². The minimum atomic E-state index is -1.81. The number of alkyl halides is 1. The van der Waals surface area contributed by atoms with Crippen molar-refractivity contribution in [3.63, 3.8) is 0 Å². The van der Waals surface area contributed by atoms with Gasteiger partial charge < -0.3 is 14.6 Å². The molecule has 0 saturated heterocycles. The number of aliphatic hydroxyl groups is 1. The molecule has 4 atom stereocenters. The number of aromatic amines is 1. The highest BCUT2D eigenvalue weighted by Crippen LogP contribution is 2.39. The summed E-state index contributed by atoms with van der Waals surface area (Å²) in [5.41, 5.74) is 0.762. The molecule has 1 heterocycles. The smallest absolute Gasteiger partial charge is 0.329 e. The first-order valence-electron chi connectivity index (χ1n) is 12.1. The molecule has 2 N–H and O–H groups in total. The second-order valence-corrected chi connectivity index (χ2v) is 11.8. The quantitative estimate of drug-likeness (QED) is 0.361. The molecule has 3 aromatic rings. The zero-order chi connectivity index (χ0) is 27.0. The Labute approximate surface area is 220 Å². The van der Waals surface area contributed by atoms with Crippen LogP contribution in [0, 0.1) is 6.92 Å². The van der Waals surface area contributed by atoms with Crippen LogP contribution in [0.4, 0.5) is 4.39 Å². The van der Waals surface area contributed by atoms with Crippen LogP contribution >= 0.6 is 11.8 Å². The summed E-state index contributed by atoms with van der Waals surface area (Å²) >= 11 is 1.21. The Morgan fingerprint density at radius 1 is 1.00 bits per heavy atom. The average molecular weight is 531 g/mol. The number of H-pyrrole nitrogens is 1. The Kier molecular flexibility index (Phi) is 10.3. The molecule has 0 aliphatic carbocycles. The molecule has 0 radical (unpaired) electrons. The fourth-order valence-corrected chi connectivity index (χ4v) is 5.00. The van der Waals surface area contributed by atoms with Crippen molar-refractivity contribution < 1.29 is 19.0 Å². The minimum absolute atomic E-state index is 0.0636. The van der Waals surface area contributed by atoms with Gasteiger partial charge in [0.25, 0.3) is 5.56 Å². The van der Waals surface area contributed by atoms with E-state index in [9.17, 15) is 14.7 Å². The normalized spacial score (nSPS) is 15.2. The number of hydrogen-bond acceptors (Lipinski definition) is 6. The summed E-state index contributed by atoms with van der Waals surface area (Å²) in [5.74, 6) is 0. The van der Waals surface area contributed by atoms with E-state index in [0.717, 1.165) is 11.1 Å². The SMILES string of the molecule is Cc1cn([C@H](SC(C)(C)C)[C@H](F)[C@H](OCc2ccccc2)[C@H](O)COCc2ccccc2)c(=O)[nH]c1=O. The van der Waals surface area contributed by atoms with E-state index in [0.29, 0.717) is 0 Å². The first-order valence-corrected chi connectivity index (χ1v) is 13.0. The van der Waals surface area contributed by atoms with Crippen molar-refractivity contribution in [3.8, 4) is 0 Å². The van der Waals surface area contributed by atoms with Gasteiger partial charge in [-0.15, -0.1) is 11.8 Å². The number of aromatic nitrogens is 2. The largest absolute Gasteiger partial charge is 0.388 e. The lowest BCUT2D eigenvalue weighted by Crippen LogP contribution is -2.46. The van der Waals surface area contributed by atoms with Crippen molar-refractivity contribution in [1.29, 1.82) is 0 Å². The lowest BCUT2D eigenvalue weighted by Gasteiger charge is -2.34. The van der Waals surface area contributed by atoms with E-state index in [1.807, 2.05) is 81.4 Å². The Bertz CT molecular complexity index is 1230. The van der Waals surface area contributed by atoms with Crippen LogP contribution in [0.5, 0.6) is 0 Å². The molecule has 7 nitrogen and oxygen atoms in total. The predicted molar refractivity (Wildman–Crippen MR) is 144 cm³/mol. The molecule has 0 bridgehead atoms. The van der Waals surface area contributed by atoms with E-state index in [1.165, 1.54) is 22.5 Å². The maximum absolute atomic E-state index is 16.5. The second kappa shape index (κ2) is 13.2. The Morgan fingerprint density at radius 3 is 2.14 bits per heavy atom. The zero-order valence-corrected chi connectivity index (χ0v) is 22.4. The molecule has 0 aliphatic heterocycles. The highest BCUT2D eigenvalue weighted by molar-refractivity contribution is 8.00. The zero-order valence-electron chi connectivity index (χ0n) is 21.6. The van der Waals surface area contributed by atoms with Crippen molar-refractivity contribution >= 4 is 11.8 Å². The minimum Gasteiger partial charge on any atom is -0.388 e. The van der Waals surface area contributed by atoms with Crippen molar-refractivity contribution in [3.05, 3.63) is 104 Å². The molecule has 37 heavy (non-hydrogen) atoms. The summed E-state index contributed by atoms with van der Waals surface area (Å²) in [7, 11) is 0. The molecule has 200 valence electrons. The van der Waals surface area contributed by atoms with E-state index in [2.05, 4.69) is 4.98 Å². The van der Waals surface area contributed by atoms with E-state index in [1.54, 1.807) is 6.92 Å². The van der Waals surface area contributed by atoms with Gasteiger partial charge in [-0.25, -0.2) is 9.18 Å². The summed E-state index contributed by atoms with van der Waals surface area (Å²) < 4.78 is 28.8. The number of aliphatic hydroxyl groups excluding tert-OH is 1. The molecule has 3 rings (SSSR count). The summed E-state index contributed by atoms with van der Waals surface area (Å²) in [4.78, 5) is 26.9. The van der Waals surface area contributed by atoms with E-state index in [4.69, 9.17) is 9.47 Å². The van der Waals surface area contributed by atoms with Crippen LogP contribution in [0.1, 0.15) is 42.8 Å². The molecule has 0 fully saturated rings. The Hall–Kier alpha value is -2.72. The van der Waals surface area contributed by atoms with E-state index in [-0.39, 0.29) is 25.4 Å². The van der Waals surface area contributed by atoms with Crippen LogP contribution in [-0.2, 0) is 22.7 Å². The van der Waals surface area contributed by atoms with Gasteiger partial charge in [0.05, 0.1) is 19.8 Å². The van der Waals surface area contributed by atoms with Gasteiger partial charge in [0.15, 0.2) is 6.17 Å². The summed E-state index contributed by atoms with van der Waals surface area (Å²) in [6, 6.07) is 18.7. The molecule has 9 heteroatoms. The molecule has 0 spiro atoms. The number of hydrogen-bond donors (Lipinski definition) is 2. The second-order valence-electron chi connectivity index (χ2n) is 9.87. The highest BCUT2D eigenvalue weighted by Gasteiger charge is 2.39. The predicted octanol–water partition coefficient (Wildman–Crippen LogP) is 4.38. The maximum atomic E-state index is 16.5. The molecular weight excluding hydrogens is 495 g/mol. The van der Waals surface area contributed by atoms with Crippen LogP contribution < -0.4 is 11.2 Å².